The number of nitrogens with zero attached hydrogens (tertiary/aromatic N) is 3. The van der Waals surface area contributed by atoms with Crippen molar-refractivity contribution in [3.05, 3.63) is 33.5 Å². The van der Waals surface area contributed by atoms with Gasteiger partial charge in [-0.2, -0.15) is 5.10 Å². The van der Waals surface area contributed by atoms with Crippen LogP contribution in [-0.4, -0.2) is 45.6 Å². The molecule has 3 heterocycles. The van der Waals surface area contributed by atoms with Gasteiger partial charge in [-0.3, -0.25) is 14.3 Å². The maximum atomic E-state index is 13.0. The summed E-state index contributed by atoms with van der Waals surface area (Å²) in [6.07, 6.45) is 0.554. The van der Waals surface area contributed by atoms with Crippen LogP contribution >= 0.6 is 11.3 Å². The summed E-state index contributed by atoms with van der Waals surface area (Å²) in [5.41, 5.74) is 2.44. The van der Waals surface area contributed by atoms with Gasteiger partial charge in [0.2, 0.25) is 5.91 Å². The summed E-state index contributed by atoms with van der Waals surface area (Å²) in [5.74, 6) is -0.791. The maximum absolute atomic E-state index is 13.0. The van der Waals surface area contributed by atoms with Crippen LogP contribution in [0.5, 0.6) is 0 Å². The predicted octanol–water partition coefficient (Wildman–Crippen LogP) is 3.17. The molecule has 1 aliphatic rings. The largest absolute Gasteiger partial charge is 0.462 e. The molecule has 9 heteroatoms. The van der Waals surface area contributed by atoms with Gasteiger partial charge in [0, 0.05) is 24.4 Å². The Hall–Kier alpha value is -2.68. The SMILES string of the molecule is CCOC(=O)c1c(NC(=O)c2cc(C)nn2C(C)C)sc2c1CCN(C(C)=O)C2. The third-order valence-corrected chi connectivity index (χ3v) is 5.92. The number of carbonyl (C=O) groups excluding carboxylic acids is 3. The number of anilines is 1. The fourth-order valence-electron chi connectivity index (χ4n) is 3.43. The number of nitrogens with one attached hydrogen (secondary N) is 1. The first-order chi connectivity index (χ1) is 13.7. The van der Waals surface area contributed by atoms with Crippen molar-refractivity contribution in [3.63, 3.8) is 0 Å². The molecule has 0 spiro atoms. The lowest BCUT2D eigenvalue weighted by Gasteiger charge is -2.25. The second kappa shape index (κ2) is 8.36. The van der Waals surface area contributed by atoms with Crippen LogP contribution in [0.15, 0.2) is 6.07 Å². The Labute approximate surface area is 173 Å². The van der Waals surface area contributed by atoms with Crippen LogP contribution in [0.1, 0.15) is 70.7 Å². The van der Waals surface area contributed by atoms with Crippen LogP contribution in [0.3, 0.4) is 0 Å². The molecule has 2 amide bonds. The molecule has 2 aromatic heterocycles. The Morgan fingerprint density at radius 1 is 1.34 bits per heavy atom. The van der Waals surface area contributed by atoms with E-state index in [4.69, 9.17) is 4.74 Å². The van der Waals surface area contributed by atoms with Gasteiger partial charge in [-0.15, -0.1) is 11.3 Å². The average Bonchev–Trinajstić information content (AvgIpc) is 3.21. The average molecular weight is 419 g/mol. The van der Waals surface area contributed by atoms with E-state index in [1.807, 2.05) is 20.8 Å². The molecule has 0 atom stereocenters. The quantitative estimate of drug-likeness (QED) is 0.753. The van der Waals surface area contributed by atoms with Crippen molar-refractivity contribution < 1.29 is 19.1 Å². The third kappa shape index (κ3) is 4.19. The Morgan fingerprint density at radius 3 is 2.69 bits per heavy atom. The van der Waals surface area contributed by atoms with E-state index in [0.29, 0.717) is 35.8 Å². The van der Waals surface area contributed by atoms with Gasteiger partial charge in [-0.1, -0.05) is 0 Å². The highest BCUT2D eigenvalue weighted by Crippen LogP contribution is 2.38. The summed E-state index contributed by atoms with van der Waals surface area (Å²) in [7, 11) is 0. The Balaban J connectivity index is 1.97. The molecule has 3 rings (SSSR count). The van der Waals surface area contributed by atoms with Crippen molar-refractivity contribution in [2.45, 2.75) is 53.6 Å². The van der Waals surface area contributed by atoms with Crippen molar-refractivity contribution in [2.24, 2.45) is 0 Å². The number of aryl methyl sites for hydroxylation is 1. The topological polar surface area (TPSA) is 93.5 Å². The molecule has 29 heavy (non-hydrogen) atoms. The fourth-order valence-corrected chi connectivity index (χ4v) is 4.67. The van der Waals surface area contributed by atoms with Gasteiger partial charge in [-0.05, 0) is 45.7 Å². The van der Waals surface area contributed by atoms with E-state index >= 15 is 0 Å². The highest BCUT2D eigenvalue weighted by molar-refractivity contribution is 7.17. The van der Waals surface area contributed by atoms with E-state index in [1.54, 1.807) is 22.6 Å². The zero-order chi connectivity index (χ0) is 21.3. The Bertz CT molecular complexity index is 960. The van der Waals surface area contributed by atoms with Crippen molar-refractivity contribution >= 4 is 34.1 Å². The van der Waals surface area contributed by atoms with Crippen LogP contribution in [0.2, 0.25) is 0 Å². The normalized spacial score (nSPS) is 13.4. The van der Waals surface area contributed by atoms with Crippen LogP contribution in [0, 0.1) is 6.92 Å². The predicted molar refractivity (Wildman–Crippen MR) is 110 cm³/mol. The van der Waals surface area contributed by atoms with Gasteiger partial charge in [-0.25, -0.2) is 4.79 Å². The number of aromatic nitrogens is 2. The first-order valence-electron chi connectivity index (χ1n) is 9.67. The minimum Gasteiger partial charge on any atom is -0.462 e. The highest BCUT2D eigenvalue weighted by atomic mass is 32.1. The molecule has 0 bridgehead atoms. The number of ether oxygens (including phenoxy) is 1. The lowest BCUT2D eigenvalue weighted by atomic mass is 10.0. The maximum Gasteiger partial charge on any atom is 0.341 e. The van der Waals surface area contributed by atoms with Crippen LogP contribution in [0.25, 0.3) is 0 Å². The summed E-state index contributed by atoms with van der Waals surface area (Å²) in [4.78, 5) is 40.0. The van der Waals surface area contributed by atoms with Crippen LogP contribution in [-0.2, 0) is 22.5 Å². The van der Waals surface area contributed by atoms with E-state index in [0.717, 1.165) is 16.1 Å². The molecule has 2 aromatic rings. The summed E-state index contributed by atoms with van der Waals surface area (Å²) in [6, 6.07) is 1.75. The fraction of sp³-hybridized carbons (Fsp3) is 0.500. The number of hydrogen-bond acceptors (Lipinski definition) is 6. The standard InChI is InChI=1S/C20H26N4O4S/c1-6-28-20(27)17-14-7-8-23(13(5)25)10-16(14)29-19(17)21-18(26)15-9-12(4)22-24(15)11(2)3/h9,11H,6-8,10H2,1-5H3,(H,21,26). The first-order valence-corrected chi connectivity index (χ1v) is 10.5. The molecule has 156 valence electrons. The van der Waals surface area contributed by atoms with Crippen LogP contribution < -0.4 is 5.32 Å². The minimum atomic E-state index is -0.454. The van der Waals surface area contributed by atoms with E-state index in [9.17, 15) is 14.4 Å². The molecule has 0 fully saturated rings. The number of carbonyl (C=O) groups is 3. The monoisotopic (exact) mass is 418 g/mol. The lowest BCUT2D eigenvalue weighted by molar-refractivity contribution is -0.129. The molecule has 8 nitrogen and oxygen atoms in total. The number of amides is 2. The molecule has 0 saturated heterocycles. The zero-order valence-corrected chi connectivity index (χ0v) is 18.2. The number of hydrogen-bond donors (Lipinski definition) is 1. The summed E-state index contributed by atoms with van der Waals surface area (Å²) >= 11 is 1.33. The molecule has 0 unspecified atom stereocenters. The summed E-state index contributed by atoms with van der Waals surface area (Å²) in [5, 5.41) is 7.72. The third-order valence-electron chi connectivity index (χ3n) is 4.79. The second-order valence-corrected chi connectivity index (χ2v) is 8.39. The van der Waals surface area contributed by atoms with Gasteiger partial charge in [0.1, 0.15) is 10.7 Å². The molecular weight excluding hydrogens is 392 g/mol. The van der Waals surface area contributed by atoms with E-state index in [1.165, 1.54) is 18.3 Å². The van der Waals surface area contributed by atoms with Gasteiger partial charge in [0.15, 0.2) is 0 Å². The molecular formula is C20H26N4O4S. The summed E-state index contributed by atoms with van der Waals surface area (Å²) in [6.45, 7) is 10.2. The Morgan fingerprint density at radius 2 is 2.07 bits per heavy atom. The number of rotatable bonds is 5. The Kier molecular flexibility index (Phi) is 6.07. The van der Waals surface area contributed by atoms with Crippen molar-refractivity contribution in [1.29, 1.82) is 0 Å². The van der Waals surface area contributed by atoms with Gasteiger partial charge >= 0.3 is 5.97 Å². The van der Waals surface area contributed by atoms with Gasteiger partial charge < -0.3 is 15.0 Å². The lowest BCUT2D eigenvalue weighted by Crippen LogP contribution is -2.34. The van der Waals surface area contributed by atoms with E-state index in [2.05, 4.69) is 10.4 Å². The smallest absolute Gasteiger partial charge is 0.341 e. The molecule has 0 aromatic carbocycles. The number of fused-ring (bicyclic) bond motifs is 1. The molecule has 1 N–H and O–H groups in total. The minimum absolute atomic E-state index is 0.0105. The van der Waals surface area contributed by atoms with Crippen molar-refractivity contribution in [1.82, 2.24) is 14.7 Å². The molecule has 0 aliphatic carbocycles. The molecule has 0 saturated carbocycles. The molecule has 0 radical (unpaired) electrons. The molecule has 1 aliphatic heterocycles. The van der Waals surface area contributed by atoms with E-state index < -0.39 is 5.97 Å². The van der Waals surface area contributed by atoms with Crippen molar-refractivity contribution in [3.8, 4) is 0 Å². The highest BCUT2D eigenvalue weighted by Gasteiger charge is 2.31. The van der Waals surface area contributed by atoms with Crippen LogP contribution in [0.4, 0.5) is 5.00 Å². The van der Waals surface area contributed by atoms with Gasteiger partial charge in [0.05, 0.1) is 24.4 Å². The van der Waals surface area contributed by atoms with E-state index in [-0.39, 0.29) is 24.5 Å². The second-order valence-electron chi connectivity index (χ2n) is 7.28. The number of esters is 1. The number of thiophene rings is 1. The zero-order valence-electron chi connectivity index (χ0n) is 17.4. The van der Waals surface area contributed by atoms with Gasteiger partial charge in [0.25, 0.3) is 5.91 Å². The summed E-state index contributed by atoms with van der Waals surface area (Å²) < 4.78 is 6.91. The first kappa shape index (κ1) is 21.0. The van der Waals surface area contributed by atoms with Crippen molar-refractivity contribution in [2.75, 3.05) is 18.5 Å².